The van der Waals surface area contributed by atoms with E-state index in [-0.39, 0.29) is 17.8 Å². The first-order chi connectivity index (χ1) is 13.5. The first-order valence-corrected chi connectivity index (χ1v) is 9.66. The molecule has 0 aliphatic carbocycles. The zero-order chi connectivity index (χ0) is 19.5. The van der Waals surface area contributed by atoms with Gasteiger partial charge in [0, 0.05) is 22.7 Å². The molecule has 4 heterocycles. The van der Waals surface area contributed by atoms with Gasteiger partial charge in [0.2, 0.25) is 5.91 Å². The molecule has 0 bridgehead atoms. The van der Waals surface area contributed by atoms with Crippen LogP contribution in [0.4, 0.5) is 10.2 Å². The van der Waals surface area contributed by atoms with E-state index >= 15 is 0 Å². The molecular formula is C21H22FN5O. The van der Waals surface area contributed by atoms with Crippen molar-refractivity contribution in [3.63, 3.8) is 0 Å². The van der Waals surface area contributed by atoms with Gasteiger partial charge in [-0.3, -0.25) is 9.48 Å². The van der Waals surface area contributed by atoms with E-state index in [0.717, 1.165) is 53.7 Å². The molecule has 1 aromatic carbocycles. The summed E-state index contributed by atoms with van der Waals surface area (Å²) in [6.07, 6.45) is 3.59. The van der Waals surface area contributed by atoms with Gasteiger partial charge < -0.3 is 10.6 Å². The minimum absolute atomic E-state index is 0.0735. The fraction of sp³-hybridized carbons (Fsp3) is 0.381. The van der Waals surface area contributed by atoms with Crippen molar-refractivity contribution in [2.45, 2.75) is 38.1 Å². The molecule has 6 nitrogen and oxygen atoms in total. The molecule has 2 aliphatic rings. The zero-order valence-electron chi connectivity index (χ0n) is 15.9. The minimum Gasteiger partial charge on any atom is -0.317 e. The van der Waals surface area contributed by atoms with E-state index in [4.69, 9.17) is 5.10 Å². The zero-order valence-corrected chi connectivity index (χ0v) is 15.9. The number of nitrogens with zero attached hydrogens (tertiary/aromatic N) is 3. The molecule has 0 atom stereocenters. The maximum atomic E-state index is 14.1. The van der Waals surface area contributed by atoms with Gasteiger partial charge >= 0.3 is 0 Å². The summed E-state index contributed by atoms with van der Waals surface area (Å²) in [5.74, 6) is 0.237. The number of fused-ring (bicyclic) bond motifs is 2. The van der Waals surface area contributed by atoms with Crippen LogP contribution in [0.3, 0.4) is 0 Å². The van der Waals surface area contributed by atoms with Gasteiger partial charge in [-0.15, -0.1) is 0 Å². The number of anilines is 1. The van der Waals surface area contributed by atoms with Gasteiger partial charge in [-0.25, -0.2) is 9.37 Å². The van der Waals surface area contributed by atoms with E-state index in [1.54, 1.807) is 18.3 Å². The van der Waals surface area contributed by atoms with Crippen molar-refractivity contribution >= 4 is 22.6 Å². The Kier molecular flexibility index (Phi) is 3.77. The van der Waals surface area contributed by atoms with Gasteiger partial charge in [-0.1, -0.05) is 0 Å². The molecule has 28 heavy (non-hydrogen) atoms. The topological polar surface area (TPSA) is 71.8 Å². The Balaban J connectivity index is 1.76. The summed E-state index contributed by atoms with van der Waals surface area (Å²) in [6, 6.07) is 6.94. The molecule has 1 fully saturated rings. The number of hydrogen-bond acceptors (Lipinski definition) is 4. The van der Waals surface area contributed by atoms with Crippen molar-refractivity contribution in [1.82, 2.24) is 20.1 Å². The van der Waals surface area contributed by atoms with E-state index in [1.807, 2.05) is 24.6 Å². The number of aromatic nitrogens is 3. The summed E-state index contributed by atoms with van der Waals surface area (Å²) < 4.78 is 16.0. The van der Waals surface area contributed by atoms with Crippen LogP contribution in [0.15, 0.2) is 30.5 Å². The highest BCUT2D eigenvalue weighted by atomic mass is 19.1. The maximum absolute atomic E-state index is 14.1. The standard InChI is InChI=1S/C21H22FN5O/c1-21(2)17-15(7-10-24-19(17)25-20(21)28)18-14-4-3-12(22)11-16(14)27(26-18)13-5-8-23-9-6-13/h3-4,7,10-11,13,23H,5-6,8-9H2,1-2H3,(H,24,25,28). The van der Waals surface area contributed by atoms with Crippen LogP contribution in [0, 0.1) is 5.82 Å². The van der Waals surface area contributed by atoms with Crippen molar-refractivity contribution in [2.75, 3.05) is 18.4 Å². The molecule has 5 rings (SSSR count). The molecule has 2 N–H and O–H groups in total. The highest BCUT2D eigenvalue weighted by Gasteiger charge is 2.42. The highest BCUT2D eigenvalue weighted by molar-refractivity contribution is 6.08. The number of halogens is 1. The SMILES string of the molecule is CC1(C)C(=O)Nc2nccc(-c3nn(C4CCNCC4)c4cc(F)ccc34)c21. The van der Waals surface area contributed by atoms with E-state index in [0.29, 0.717) is 5.82 Å². The average molecular weight is 379 g/mol. The number of rotatable bonds is 2. The number of piperidine rings is 1. The number of pyridine rings is 1. The van der Waals surface area contributed by atoms with Crippen molar-refractivity contribution < 1.29 is 9.18 Å². The van der Waals surface area contributed by atoms with Gasteiger partial charge in [-0.2, -0.15) is 5.10 Å². The van der Waals surface area contributed by atoms with Crippen LogP contribution >= 0.6 is 0 Å². The largest absolute Gasteiger partial charge is 0.317 e. The van der Waals surface area contributed by atoms with Crippen molar-refractivity contribution in [3.05, 3.63) is 41.8 Å². The predicted octanol–water partition coefficient (Wildman–Crippen LogP) is 3.39. The lowest BCUT2D eigenvalue weighted by molar-refractivity contribution is -0.119. The second-order valence-corrected chi connectivity index (χ2v) is 8.10. The van der Waals surface area contributed by atoms with Crippen LogP contribution in [0.1, 0.15) is 38.3 Å². The predicted molar refractivity (Wildman–Crippen MR) is 106 cm³/mol. The van der Waals surface area contributed by atoms with Crippen molar-refractivity contribution in [3.8, 4) is 11.3 Å². The Morgan fingerprint density at radius 1 is 1.21 bits per heavy atom. The number of carbonyl (C=O) groups is 1. The average Bonchev–Trinajstić information content (AvgIpc) is 3.17. The van der Waals surface area contributed by atoms with E-state index in [1.165, 1.54) is 6.07 Å². The lowest BCUT2D eigenvalue weighted by atomic mass is 9.83. The van der Waals surface area contributed by atoms with Crippen molar-refractivity contribution in [1.29, 1.82) is 0 Å². The third-order valence-corrected chi connectivity index (χ3v) is 5.95. The van der Waals surface area contributed by atoms with Crippen LogP contribution in [0.5, 0.6) is 0 Å². The Bertz CT molecular complexity index is 1100. The summed E-state index contributed by atoms with van der Waals surface area (Å²) in [7, 11) is 0. The minimum atomic E-state index is -0.705. The van der Waals surface area contributed by atoms with Gasteiger partial charge in [-0.05, 0) is 64.0 Å². The monoisotopic (exact) mass is 379 g/mol. The van der Waals surface area contributed by atoms with Crippen LogP contribution in [0.25, 0.3) is 22.2 Å². The fourth-order valence-corrected chi connectivity index (χ4v) is 4.40. The molecule has 3 aromatic rings. The van der Waals surface area contributed by atoms with Crippen LogP contribution < -0.4 is 10.6 Å². The molecule has 1 amide bonds. The molecule has 7 heteroatoms. The number of hydrogen-bond donors (Lipinski definition) is 2. The van der Waals surface area contributed by atoms with E-state index < -0.39 is 5.41 Å². The number of amides is 1. The maximum Gasteiger partial charge on any atom is 0.235 e. The summed E-state index contributed by atoms with van der Waals surface area (Å²) in [5, 5.41) is 12.1. The third kappa shape index (κ3) is 2.46. The lowest BCUT2D eigenvalue weighted by Crippen LogP contribution is -2.29. The Morgan fingerprint density at radius 2 is 2.00 bits per heavy atom. The first-order valence-electron chi connectivity index (χ1n) is 9.66. The fourth-order valence-electron chi connectivity index (χ4n) is 4.40. The summed E-state index contributed by atoms with van der Waals surface area (Å²) >= 11 is 0. The first kappa shape index (κ1) is 17.3. The van der Waals surface area contributed by atoms with E-state index in [2.05, 4.69) is 15.6 Å². The quantitative estimate of drug-likeness (QED) is 0.716. The normalized spacial score (nSPS) is 19.0. The molecule has 0 spiro atoms. The summed E-state index contributed by atoms with van der Waals surface area (Å²) in [4.78, 5) is 16.8. The van der Waals surface area contributed by atoms with Crippen LogP contribution in [-0.2, 0) is 10.2 Å². The van der Waals surface area contributed by atoms with Crippen LogP contribution in [0.2, 0.25) is 0 Å². The third-order valence-electron chi connectivity index (χ3n) is 5.95. The number of benzene rings is 1. The van der Waals surface area contributed by atoms with Crippen LogP contribution in [-0.4, -0.2) is 33.8 Å². The lowest BCUT2D eigenvalue weighted by Gasteiger charge is -2.23. The number of carbonyl (C=O) groups excluding carboxylic acids is 1. The molecule has 144 valence electrons. The second-order valence-electron chi connectivity index (χ2n) is 8.10. The highest BCUT2D eigenvalue weighted by Crippen LogP contribution is 2.44. The molecular weight excluding hydrogens is 357 g/mol. The van der Waals surface area contributed by atoms with Gasteiger partial charge in [0.25, 0.3) is 0 Å². The molecule has 0 saturated carbocycles. The Labute approximate surface area is 162 Å². The summed E-state index contributed by atoms with van der Waals surface area (Å²) in [6.45, 7) is 5.63. The van der Waals surface area contributed by atoms with Gasteiger partial charge in [0.1, 0.15) is 17.3 Å². The van der Waals surface area contributed by atoms with Crippen molar-refractivity contribution in [2.24, 2.45) is 0 Å². The molecule has 1 saturated heterocycles. The summed E-state index contributed by atoms with van der Waals surface area (Å²) in [5.41, 5.74) is 2.59. The van der Waals surface area contributed by atoms with Gasteiger partial charge in [0.05, 0.1) is 17.0 Å². The molecule has 0 unspecified atom stereocenters. The smallest absolute Gasteiger partial charge is 0.235 e. The van der Waals surface area contributed by atoms with E-state index in [9.17, 15) is 9.18 Å². The Morgan fingerprint density at radius 3 is 2.79 bits per heavy atom. The molecule has 2 aliphatic heterocycles. The number of nitrogens with one attached hydrogen (secondary N) is 2. The van der Waals surface area contributed by atoms with Gasteiger partial charge in [0.15, 0.2) is 0 Å². The second kappa shape index (κ2) is 6.10. The Hall–Kier alpha value is -2.80. The molecule has 2 aromatic heterocycles. The molecule has 0 radical (unpaired) electrons.